The minimum absolute atomic E-state index is 0.177. The van der Waals surface area contributed by atoms with E-state index < -0.39 is 5.97 Å². The summed E-state index contributed by atoms with van der Waals surface area (Å²) in [5.74, 6) is -0.128. The van der Waals surface area contributed by atoms with Gasteiger partial charge in [-0.1, -0.05) is 0 Å². The van der Waals surface area contributed by atoms with Crippen LogP contribution in [-0.2, 0) is 14.2 Å². The van der Waals surface area contributed by atoms with Gasteiger partial charge in [-0.25, -0.2) is 4.79 Å². The first-order valence-corrected chi connectivity index (χ1v) is 7.57. The largest absolute Gasteiger partial charge is 0.465 e. The quantitative estimate of drug-likeness (QED) is 0.612. The molecule has 1 aliphatic heterocycles. The van der Waals surface area contributed by atoms with E-state index in [4.69, 9.17) is 19.5 Å². The van der Waals surface area contributed by atoms with Gasteiger partial charge in [-0.05, 0) is 31.0 Å². The Balaban J connectivity index is 2.12. The Morgan fingerprint density at radius 1 is 1.26 bits per heavy atom. The van der Waals surface area contributed by atoms with Crippen LogP contribution in [0.25, 0.3) is 0 Å². The molecule has 0 aromatic heterocycles. The van der Waals surface area contributed by atoms with Crippen LogP contribution in [0.3, 0.4) is 0 Å². The van der Waals surface area contributed by atoms with Gasteiger partial charge in [-0.2, -0.15) is 5.26 Å². The van der Waals surface area contributed by atoms with Gasteiger partial charge in [0.25, 0.3) is 0 Å². The monoisotopic (exact) mass is 318 g/mol. The van der Waals surface area contributed by atoms with E-state index in [1.165, 1.54) is 7.11 Å². The van der Waals surface area contributed by atoms with Crippen LogP contribution in [0, 0.1) is 17.2 Å². The molecule has 0 aliphatic carbocycles. The molecule has 1 heterocycles. The Morgan fingerprint density at radius 2 is 1.91 bits per heavy atom. The topological polar surface area (TPSA) is 71.8 Å². The van der Waals surface area contributed by atoms with Gasteiger partial charge in [-0.3, -0.25) is 0 Å². The van der Waals surface area contributed by atoms with Crippen molar-refractivity contribution in [3.05, 3.63) is 29.3 Å². The molecule has 1 fully saturated rings. The van der Waals surface area contributed by atoms with Gasteiger partial charge in [0, 0.05) is 38.9 Å². The van der Waals surface area contributed by atoms with E-state index in [1.54, 1.807) is 26.4 Å². The van der Waals surface area contributed by atoms with E-state index in [9.17, 15) is 4.79 Å². The molecule has 1 aromatic rings. The fourth-order valence-corrected chi connectivity index (χ4v) is 3.02. The van der Waals surface area contributed by atoms with E-state index >= 15 is 0 Å². The Hall–Kier alpha value is -2.10. The molecule has 6 nitrogen and oxygen atoms in total. The third-order valence-electron chi connectivity index (χ3n) is 4.28. The van der Waals surface area contributed by atoms with Gasteiger partial charge >= 0.3 is 5.97 Å². The minimum atomic E-state index is -0.489. The molecule has 0 unspecified atom stereocenters. The molecule has 1 saturated heterocycles. The number of hydrogen-bond donors (Lipinski definition) is 0. The lowest BCUT2D eigenvalue weighted by molar-refractivity contribution is -0.141. The number of nitriles is 1. The van der Waals surface area contributed by atoms with Crippen molar-refractivity contribution in [2.24, 2.45) is 5.92 Å². The van der Waals surface area contributed by atoms with Crippen molar-refractivity contribution in [3.8, 4) is 6.07 Å². The molecular formula is C17H22N2O4. The standard InChI is InChI=1S/C17H22N2O4/c1-21-16(20)15-10-14(5-4-13(15)11-18)19-8-6-12(7-9-19)17(22-2)23-3/h4-5,10,12,17H,6-9H2,1-3H3. The Kier molecular flexibility index (Phi) is 5.97. The normalized spacial score (nSPS) is 15.5. The first-order chi connectivity index (χ1) is 11.1. The number of hydrogen-bond acceptors (Lipinski definition) is 6. The van der Waals surface area contributed by atoms with Crippen LogP contribution >= 0.6 is 0 Å². The maximum Gasteiger partial charge on any atom is 0.339 e. The van der Waals surface area contributed by atoms with E-state index in [-0.39, 0.29) is 6.29 Å². The molecular weight excluding hydrogens is 296 g/mol. The van der Waals surface area contributed by atoms with Crippen LogP contribution < -0.4 is 4.90 Å². The summed E-state index contributed by atoms with van der Waals surface area (Å²) in [5.41, 5.74) is 1.56. The highest BCUT2D eigenvalue weighted by Gasteiger charge is 2.27. The zero-order valence-corrected chi connectivity index (χ0v) is 13.7. The molecule has 0 radical (unpaired) electrons. The average molecular weight is 318 g/mol. The Bertz CT molecular complexity index is 585. The highest BCUT2D eigenvalue weighted by atomic mass is 16.7. The average Bonchev–Trinajstić information content (AvgIpc) is 2.62. The molecule has 2 rings (SSSR count). The van der Waals surface area contributed by atoms with Crippen LogP contribution in [-0.4, -0.2) is 46.7 Å². The van der Waals surface area contributed by atoms with Crippen LogP contribution in [0.5, 0.6) is 0 Å². The molecule has 1 aromatic carbocycles. The van der Waals surface area contributed by atoms with Crippen LogP contribution in [0.2, 0.25) is 0 Å². The summed E-state index contributed by atoms with van der Waals surface area (Å²) in [5, 5.41) is 9.11. The van der Waals surface area contributed by atoms with Crippen molar-refractivity contribution in [3.63, 3.8) is 0 Å². The summed E-state index contributed by atoms with van der Waals surface area (Å²) < 4.78 is 15.4. The highest BCUT2D eigenvalue weighted by molar-refractivity contribution is 5.93. The number of anilines is 1. The molecule has 0 saturated carbocycles. The molecule has 6 heteroatoms. The fourth-order valence-electron chi connectivity index (χ4n) is 3.02. The smallest absolute Gasteiger partial charge is 0.339 e. The minimum Gasteiger partial charge on any atom is -0.465 e. The van der Waals surface area contributed by atoms with E-state index in [0.717, 1.165) is 31.6 Å². The zero-order valence-electron chi connectivity index (χ0n) is 13.7. The summed E-state index contributed by atoms with van der Waals surface area (Å²) in [6.45, 7) is 1.70. The lowest BCUT2D eigenvalue weighted by Gasteiger charge is -2.36. The third-order valence-corrected chi connectivity index (χ3v) is 4.28. The van der Waals surface area contributed by atoms with Gasteiger partial charge in [0.05, 0.1) is 18.2 Å². The van der Waals surface area contributed by atoms with Crippen molar-refractivity contribution in [1.29, 1.82) is 5.26 Å². The molecule has 0 N–H and O–H groups in total. The molecule has 1 aliphatic rings. The number of benzene rings is 1. The van der Waals surface area contributed by atoms with E-state index in [2.05, 4.69) is 4.90 Å². The van der Waals surface area contributed by atoms with Crippen LogP contribution in [0.1, 0.15) is 28.8 Å². The van der Waals surface area contributed by atoms with Crippen molar-refractivity contribution in [2.45, 2.75) is 19.1 Å². The Labute approximate surface area is 136 Å². The van der Waals surface area contributed by atoms with Crippen molar-refractivity contribution >= 4 is 11.7 Å². The van der Waals surface area contributed by atoms with Gasteiger partial charge in [0.1, 0.15) is 6.07 Å². The van der Waals surface area contributed by atoms with Crippen LogP contribution in [0.4, 0.5) is 5.69 Å². The number of ether oxygens (including phenoxy) is 3. The van der Waals surface area contributed by atoms with E-state index in [1.807, 2.05) is 12.1 Å². The maximum absolute atomic E-state index is 11.8. The van der Waals surface area contributed by atoms with Gasteiger partial charge in [0.2, 0.25) is 0 Å². The number of esters is 1. The molecule has 0 atom stereocenters. The predicted octanol–water partition coefficient (Wildman–Crippen LogP) is 2.18. The number of rotatable bonds is 5. The second-order valence-electron chi connectivity index (χ2n) is 5.50. The highest BCUT2D eigenvalue weighted by Crippen LogP contribution is 2.28. The Morgan fingerprint density at radius 3 is 2.43 bits per heavy atom. The zero-order chi connectivity index (χ0) is 16.8. The van der Waals surface area contributed by atoms with Crippen molar-refractivity contribution in [1.82, 2.24) is 0 Å². The summed E-state index contributed by atoms with van der Waals surface area (Å²) in [7, 11) is 4.63. The molecule has 0 bridgehead atoms. The number of piperidine rings is 1. The number of nitrogens with zero attached hydrogens (tertiary/aromatic N) is 2. The summed E-state index contributed by atoms with van der Waals surface area (Å²) in [4.78, 5) is 14.0. The lowest BCUT2D eigenvalue weighted by atomic mass is 9.95. The maximum atomic E-state index is 11.8. The SMILES string of the molecule is COC(=O)c1cc(N2CCC(C(OC)OC)CC2)ccc1C#N. The molecule has 0 spiro atoms. The predicted molar refractivity (Wildman–Crippen MR) is 85.2 cm³/mol. The van der Waals surface area contributed by atoms with Crippen molar-refractivity contribution < 1.29 is 19.0 Å². The number of carbonyl (C=O) groups excluding carboxylic acids is 1. The first-order valence-electron chi connectivity index (χ1n) is 7.57. The van der Waals surface area contributed by atoms with Crippen molar-refractivity contribution in [2.75, 3.05) is 39.3 Å². The lowest BCUT2D eigenvalue weighted by Crippen LogP contribution is -2.39. The van der Waals surface area contributed by atoms with Gasteiger partial charge in [-0.15, -0.1) is 0 Å². The molecule has 0 amide bonds. The molecule has 124 valence electrons. The number of carbonyl (C=O) groups is 1. The second kappa shape index (κ2) is 7.95. The van der Waals surface area contributed by atoms with Gasteiger partial charge < -0.3 is 19.1 Å². The van der Waals surface area contributed by atoms with E-state index in [0.29, 0.717) is 17.0 Å². The number of methoxy groups -OCH3 is 3. The second-order valence-corrected chi connectivity index (χ2v) is 5.50. The first kappa shape index (κ1) is 17.3. The summed E-state index contributed by atoms with van der Waals surface area (Å²) >= 11 is 0. The molecule has 23 heavy (non-hydrogen) atoms. The van der Waals surface area contributed by atoms with Gasteiger partial charge in [0.15, 0.2) is 6.29 Å². The van der Waals surface area contributed by atoms with Crippen LogP contribution in [0.15, 0.2) is 18.2 Å². The third kappa shape index (κ3) is 3.81. The summed E-state index contributed by atoms with van der Waals surface area (Å²) in [6, 6.07) is 7.29. The fraction of sp³-hybridized carbons (Fsp3) is 0.529. The summed E-state index contributed by atoms with van der Waals surface area (Å²) in [6.07, 6.45) is 1.71.